The molecule has 170 valence electrons. The number of piperazine rings is 1. The van der Waals surface area contributed by atoms with Crippen LogP contribution in [0.5, 0.6) is 0 Å². The number of halogens is 2. The molecule has 0 saturated carbocycles. The van der Waals surface area contributed by atoms with Crippen molar-refractivity contribution in [2.45, 2.75) is 19.8 Å². The van der Waals surface area contributed by atoms with Crippen molar-refractivity contribution in [2.24, 2.45) is 5.92 Å². The van der Waals surface area contributed by atoms with Crippen molar-refractivity contribution in [1.29, 1.82) is 0 Å². The predicted octanol–water partition coefficient (Wildman–Crippen LogP) is 4.70. The van der Waals surface area contributed by atoms with Gasteiger partial charge in [0.1, 0.15) is 5.69 Å². The van der Waals surface area contributed by atoms with Crippen molar-refractivity contribution in [1.82, 2.24) is 4.90 Å². The zero-order valence-electron chi connectivity index (χ0n) is 18.0. The van der Waals surface area contributed by atoms with E-state index in [2.05, 4.69) is 22.9 Å². The second-order valence-electron chi connectivity index (χ2n) is 8.51. The maximum Gasteiger partial charge on any atom is 0.295 e. The van der Waals surface area contributed by atoms with Crippen molar-refractivity contribution < 1.29 is 14.1 Å². The number of amides is 1. The van der Waals surface area contributed by atoms with Gasteiger partial charge in [0.25, 0.3) is 11.6 Å². The molecule has 2 aromatic rings. The molecule has 0 spiro atoms. The Bertz CT molecular complexity index is 1000. The van der Waals surface area contributed by atoms with Gasteiger partial charge < -0.3 is 14.7 Å². The van der Waals surface area contributed by atoms with Crippen molar-refractivity contribution in [3.05, 3.63) is 62.4 Å². The molecule has 0 atom stereocenters. The summed E-state index contributed by atoms with van der Waals surface area (Å²) in [6, 6.07) is 9.87. The van der Waals surface area contributed by atoms with E-state index in [-0.39, 0.29) is 11.6 Å². The fourth-order valence-corrected chi connectivity index (χ4v) is 4.62. The molecule has 0 aromatic heterocycles. The van der Waals surface area contributed by atoms with E-state index in [0.29, 0.717) is 49.0 Å². The number of benzene rings is 2. The highest BCUT2D eigenvalue weighted by molar-refractivity contribution is 9.10. The molecule has 1 amide bonds. The molecule has 0 N–H and O–H groups in total. The number of rotatable bonds is 4. The lowest BCUT2D eigenvalue weighted by Crippen LogP contribution is -2.49. The summed E-state index contributed by atoms with van der Waals surface area (Å²) in [4.78, 5) is 29.5. The number of nitrogens with zero attached hydrogens (tertiary/aromatic N) is 4. The maximum absolute atomic E-state index is 14.8. The van der Waals surface area contributed by atoms with Gasteiger partial charge in [0.05, 0.1) is 16.7 Å². The highest BCUT2D eigenvalue weighted by Gasteiger charge is 2.29. The van der Waals surface area contributed by atoms with Gasteiger partial charge in [0.15, 0.2) is 5.82 Å². The second-order valence-corrected chi connectivity index (χ2v) is 9.42. The number of piperidine rings is 1. The van der Waals surface area contributed by atoms with Gasteiger partial charge in [-0.2, -0.15) is 0 Å². The van der Waals surface area contributed by atoms with E-state index in [0.717, 1.165) is 36.5 Å². The van der Waals surface area contributed by atoms with Crippen molar-refractivity contribution in [3.8, 4) is 0 Å². The normalized spacial score (nSPS) is 17.5. The summed E-state index contributed by atoms with van der Waals surface area (Å²) < 4.78 is 15.7. The third kappa shape index (κ3) is 4.72. The van der Waals surface area contributed by atoms with Crippen molar-refractivity contribution in [3.63, 3.8) is 0 Å². The molecule has 2 saturated heterocycles. The monoisotopic (exact) mass is 504 g/mol. The van der Waals surface area contributed by atoms with E-state index in [1.54, 1.807) is 23.1 Å². The molecular weight excluding hydrogens is 479 g/mol. The third-order valence-corrected chi connectivity index (χ3v) is 6.89. The first-order valence-electron chi connectivity index (χ1n) is 10.9. The topological polar surface area (TPSA) is 69.9 Å². The number of anilines is 2. The maximum atomic E-state index is 14.8. The molecule has 9 heteroatoms. The van der Waals surface area contributed by atoms with Gasteiger partial charge in [0, 0.05) is 49.3 Å². The van der Waals surface area contributed by atoms with Gasteiger partial charge in [-0.15, -0.1) is 0 Å². The van der Waals surface area contributed by atoms with Crippen LogP contribution in [0.4, 0.5) is 21.5 Å². The van der Waals surface area contributed by atoms with Crippen LogP contribution in [0.25, 0.3) is 0 Å². The Balaban J connectivity index is 1.52. The summed E-state index contributed by atoms with van der Waals surface area (Å²) in [5.41, 5.74) is 1.21. The van der Waals surface area contributed by atoms with Crippen LogP contribution in [0.1, 0.15) is 30.1 Å². The number of nitro groups is 1. The Morgan fingerprint density at radius 1 is 1.00 bits per heavy atom. The number of nitro benzene ring substituents is 1. The van der Waals surface area contributed by atoms with Crippen LogP contribution in [-0.4, -0.2) is 55.0 Å². The van der Waals surface area contributed by atoms with Gasteiger partial charge in [0.2, 0.25) is 0 Å². The van der Waals surface area contributed by atoms with Crippen LogP contribution in [-0.2, 0) is 0 Å². The Hall–Kier alpha value is -2.68. The van der Waals surface area contributed by atoms with Gasteiger partial charge in [-0.25, -0.2) is 4.39 Å². The molecule has 7 nitrogen and oxygen atoms in total. The van der Waals surface area contributed by atoms with E-state index in [1.165, 1.54) is 0 Å². The van der Waals surface area contributed by atoms with Crippen molar-refractivity contribution in [2.75, 3.05) is 49.1 Å². The summed E-state index contributed by atoms with van der Waals surface area (Å²) >= 11 is 3.37. The van der Waals surface area contributed by atoms with Crippen LogP contribution < -0.4 is 9.80 Å². The van der Waals surface area contributed by atoms with E-state index >= 15 is 0 Å². The van der Waals surface area contributed by atoms with Crippen LogP contribution in [0.15, 0.2) is 40.9 Å². The molecule has 2 aromatic carbocycles. The van der Waals surface area contributed by atoms with E-state index in [9.17, 15) is 19.3 Å². The zero-order valence-corrected chi connectivity index (χ0v) is 19.6. The quantitative estimate of drug-likeness (QED) is 0.446. The van der Waals surface area contributed by atoms with E-state index in [1.807, 2.05) is 21.9 Å². The SMILES string of the molecule is CC1CCN(c2cc(N3CCN(C(=O)c4ccc(Br)cc4)CC3)c([N+](=O)[O-])cc2F)CC1. The molecule has 0 aliphatic carbocycles. The molecular formula is C23H26BrFN4O3. The number of carbonyl (C=O) groups excluding carboxylic acids is 1. The lowest BCUT2D eigenvalue weighted by atomic mass is 9.98. The highest BCUT2D eigenvalue weighted by atomic mass is 79.9. The number of hydrogen-bond acceptors (Lipinski definition) is 5. The van der Waals surface area contributed by atoms with E-state index < -0.39 is 10.7 Å². The number of hydrogen-bond donors (Lipinski definition) is 0. The van der Waals surface area contributed by atoms with Crippen LogP contribution in [0.2, 0.25) is 0 Å². The fourth-order valence-electron chi connectivity index (χ4n) is 4.36. The average Bonchev–Trinajstić information content (AvgIpc) is 2.80. The molecule has 0 bridgehead atoms. The number of carbonyl (C=O) groups is 1. The van der Waals surface area contributed by atoms with Crippen LogP contribution in [0.3, 0.4) is 0 Å². The van der Waals surface area contributed by atoms with Crippen LogP contribution in [0, 0.1) is 21.8 Å². The standard InChI is InChI=1S/C23H26BrFN4O3/c1-16-6-8-26(9-7-16)20-15-21(22(29(31)32)14-19(20)25)27-10-12-28(13-11-27)23(30)17-2-4-18(24)5-3-17/h2-5,14-16H,6-13H2,1H3. The smallest absolute Gasteiger partial charge is 0.295 e. The second kappa shape index (κ2) is 9.44. The lowest BCUT2D eigenvalue weighted by Gasteiger charge is -2.37. The molecule has 2 aliphatic heterocycles. The van der Waals surface area contributed by atoms with Gasteiger partial charge >= 0.3 is 0 Å². The molecule has 0 radical (unpaired) electrons. The minimum Gasteiger partial charge on any atom is -0.369 e. The first kappa shape index (κ1) is 22.5. The first-order valence-corrected chi connectivity index (χ1v) is 11.7. The molecule has 2 heterocycles. The minimum atomic E-state index is -0.556. The largest absolute Gasteiger partial charge is 0.369 e. The average molecular weight is 505 g/mol. The lowest BCUT2D eigenvalue weighted by molar-refractivity contribution is -0.384. The van der Waals surface area contributed by atoms with E-state index in [4.69, 9.17) is 0 Å². The molecule has 2 fully saturated rings. The summed E-state index contributed by atoms with van der Waals surface area (Å²) in [7, 11) is 0. The molecule has 0 unspecified atom stereocenters. The van der Waals surface area contributed by atoms with Crippen molar-refractivity contribution >= 4 is 38.9 Å². The zero-order chi connectivity index (χ0) is 22.8. The highest BCUT2D eigenvalue weighted by Crippen LogP contribution is 2.37. The van der Waals surface area contributed by atoms with Gasteiger partial charge in [-0.1, -0.05) is 22.9 Å². The summed E-state index contributed by atoms with van der Waals surface area (Å²) in [5, 5.41) is 11.7. The fraction of sp³-hybridized carbons (Fsp3) is 0.435. The summed E-state index contributed by atoms with van der Waals surface area (Å²) in [6.07, 6.45) is 1.95. The Labute approximate surface area is 195 Å². The van der Waals surface area contributed by atoms with Crippen LogP contribution >= 0.6 is 15.9 Å². The minimum absolute atomic E-state index is 0.0612. The Morgan fingerprint density at radius 3 is 2.19 bits per heavy atom. The summed E-state index contributed by atoms with van der Waals surface area (Å²) in [6.45, 7) is 5.45. The predicted molar refractivity (Wildman–Crippen MR) is 126 cm³/mol. The third-order valence-electron chi connectivity index (χ3n) is 6.36. The Morgan fingerprint density at radius 2 is 1.59 bits per heavy atom. The first-order chi connectivity index (χ1) is 15.3. The molecule has 4 rings (SSSR count). The Kier molecular flexibility index (Phi) is 6.64. The molecule has 2 aliphatic rings. The molecule has 32 heavy (non-hydrogen) atoms. The van der Waals surface area contributed by atoms with Gasteiger partial charge in [-0.3, -0.25) is 14.9 Å². The van der Waals surface area contributed by atoms with Gasteiger partial charge in [-0.05, 0) is 49.1 Å². The summed E-state index contributed by atoms with van der Waals surface area (Å²) in [5.74, 6) is -0.0175.